The molecule has 2 heterocycles. The van der Waals surface area contributed by atoms with E-state index in [9.17, 15) is 29.4 Å². The summed E-state index contributed by atoms with van der Waals surface area (Å²) < 4.78 is 16.2. The van der Waals surface area contributed by atoms with Gasteiger partial charge in [0.25, 0.3) is 11.8 Å². The molecule has 5 aromatic rings. The molecule has 2 saturated heterocycles. The molecule has 300 valence electrons. The fourth-order valence-corrected chi connectivity index (χ4v) is 7.95. The van der Waals surface area contributed by atoms with Gasteiger partial charge < -0.3 is 34.2 Å². The zero-order chi connectivity index (χ0) is 41.3. The number of carbonyl (C=O) groups is 4. The molecule has 0 unspecified atom stereocenters. The Morgan fingerprint density at radius 3 is 1.47 bits per heavy atom. The Labute approximate surface area is 346 Å². The lowest BCUT2D eigenvalue weighted by molar-refractivity contribution is -0.142. The van der Waals surface area contributed by atoms with Crippen molar-refractivity contribution < 1.29 is 43.6 Å². The van der Waals surface area contributed by atoms with Crippen LogP contribution in [-0.2, 0) is 16.2 Å². The maximum atomic E-state index is 13.3. The summed E-state index contributed by atoms with van der Waals surface area (Å²) in [5, 5.41) is 20.4. The first-order chi connectivity index (χ1) is 28.0. The number of benzene rings is 5. The van der Waals surface area contributed by atoms with Crippen molar-refractivity contribution in [2.24, 2.45) is 0 Å². The van der Waals surface area contributed by atoms with Crippen LogP contribution in [0.1, 0.15) is 75.2 Å². The van der Waals surface area contributed by atoms with Crippen molar-refractivity contribution in [1.82, 2.24) is 9.80 Å². The summed E-state index contributed by atoms with van der Waals surface area (Å²) in [7, 11) is 2.98. The Morgan fingerprint density at radius 2 is 1.02 bits per heavy atom. The Morgan fingerprint density at radius 1 is 0.569 bits per heavy atom. The van der Waals surface area contributed by atoms with Crippen LogP contribution < -0.4 is 14.2 Å². The lowest BCUT2D eigenvalue weighted by Crippen LogP contribution is -2.41. The van der Waals surface area contributed by atoms with Gasteiger partial charge in [-0.25, -0.2) is 9.59 Å². The van der Waals surface area contributed by atoms with Gasteiger partial charge in [-0.1, -0.05) is 89.9 Å². The molecule has 7 rings (SSSR count). The molecule has 0 radical (unpaired) electrons. The highest BCUT2D eigenvalue weighted by Gasteiger charge is 2.44. The first-order valence-electron chi connectivity index (χ1n) is 18.6. The summed E-state index contributed by atoms with van der Waals surface area (Å²) in [6.45, 7) is 0.377. The van der Waals surface area contributed by atoms with Crippen LogP contribution in [0.5, 0.6) is 17.2 Å². The van der Waals surface area contributed by atoms with E-state index in [4.69, 9.17) is 37.4 Å². The number of aliphatic carboxylic acids is 2. The number of likely N-dealkylation sites (tertiary alicyclic amines) is 2. The molecule has 0 saturated carbocycles. The molecule has 0 bridgehead atoms. The molecule has 5 aromatic carbocycles. The molecule has 2 aliphatic rings. The fraction of sp³-hybridized carbons (Fsp3) is 0.244. The van der Waals surface area contributed by atoms with Crippen molar-refractivity contribution in [2.75, 3.05) is 14.2 Å². The van der Waals surface area contributed by atoms with Crippen molar-refractivity contribution >= 4 is 47.0 Å². The number of para-hydroxylation sites is 1. The zero-order valence-electron chi connectivity index (χ0n) is 31.8. The minimum absolute atomic E-state index is 0.302. The smallest absolute Gasteiger partial charge is 0.326 e. The SMILES string of the molecule is COc1cc(OC)cc(C(=O)N2[C@@H](c3ccccc3Cl)CC[C@H]2C(=O)O)c1.O=C(O)[C@@H]1CC[C@H](c2ccccc2Cl)N1C(=O)c1ccc(COc2ccccc2)cc1. The molecular weight excluding hydrogens is 783 g/mol. The molecule has 0 aromatic heterocycles. The maximum absolute atomic E-state index is 13.3. The van der Waals surface area contributed by atoms with E-state index in [1.165, 1.54) is 24.0 Å². The minimum Gasteiger partial charge on any atom is -0.497 e. The summed E-state index contributed by atoms with van der Waals surface area (Å²) in [6.07, 6.45) is 1.82. The van der Waals surface area contributed by atoms with Crippen LogP contribution in [-0.4, -0.2) is 70.1 Å². The summed E-state index contributed by atoms with van der Waals surface area (Å²) in [5.74, 6) is -1.07. The van der Waals surface area contributed by atoms with Gasteiger partial charge in [0.05, 0.1) is 26.3 Å². The average molecular weight is 826 g/mol. The number of carboxylic acids is 2. The Balaban J connectivity index is 0.000000198. The zero-order valence-corrected chi connectivity index (χ0v) is 33.3. The van der Waals surface area contributed by atoms with Gasteiger partial charge in [0.1, 0.15) is 35.9 Å². The van der Waals surface area contributed by atoms with E-state index in [1.54, 1.807) is 48.5 Å². The molecule has 2 fully saturated rings. The van der Waals surface area contributed by atoms with E-state index < -0.39 is 36.0 Å². The number of hydrogen-bond acceptors (Lipinski definition) is 7. The highest BCUT2D eigenvalue weighted by atomic mass is 35.5. The predicted octanol–water partition coefficient (Wildman–Crippen LogP) is 9.14. The topological polar surface area (TPSA) is 143 Å². The van der Waals surface area contributed by atoms with E-state index in [0.717, 1.165) is 22.4 Å². The van der Waals surface area contributed by atoms with Crippen molar-refractivity contribution in [1.29, 1.82) is 0 Å². The van der Waals surface area contributed by atoms with Gasteiger partial charge in [-0.2, -0.15) is 0 Å². The monoisotopic (exact) mass is 824 g/mol. The number of methoxy groups -OCH3 is 2. The van der Waals surface area contributed by atoms with Crippen molar-refractivity contribution in [2.45, 2.75) is 56.5 Å². The molecule has 11 nitrogen and oxygen atoms in total. The first kappa shape index (κ1) is 41.6. The molecule has 2 amide bonds. The summed E-state index contributed by atoms with van der Waals surface area (Å²) in [4.78, 5) is 53.1. The normalized spacial score (nSPS) is 18.5. The number of carbonyl (C=O) groups excluding carboxylic acids is 2. The first-order valence-corrected chi connectivity index (χ1v) is 19.4. The van der Waals surface area contributed by atoms with Gasteiger partial charge in [0.2, 0.25) is 0 Å². The summed E-state index contributed by atoms with van der Waals surface area (Å²) in [5.41, 5.74) is 3.17. The van der Waals surface area contributed by atoms with Gasteiger partial charge in [0, 0.05) is 27.2 Å². The standard InChI is InChI=1S/C25H22ClNO4.C20H20ClNO5/c26-21-9-5-4-8-20(21)22-14-15-23(25(29)30)27(22)24(28)18-12-10-17(11-13-18)16-31-19-6-2-1-3-7-19;1-26-13-9-12(10-14(11-13)27-2)19(23)22-17(7-8-18(22)20(24)25)15-5-3-4-6-16(15)21/h1-13,22-23H,14-16H2,(H,29,30);3-6,9-11,17-18H,7-8H2,1-2H3,(H,24,25)/t22-,23+;17-,18+/m11/s1. The van der Waals surface area contributed by atoms with Gasteiger partial charge in [0.15, 0.2) is 0 Å². The fourth-order valence-electron chi connectivity index (χ4n) is 7.43. The lowest BCUT2D eigenvalue weighted by Gasteiger charge is -2.29. The van der Waals surface area contributed by atoms with Gasteiger partial charge in [-0.15, -0.1) is 0 Å². The van der Waals surface area contributed by atoms with Crippen molar-refractivity contribution in [3.63, 3.8) is 0 Å². The Bertz CT molecular complexity index is 2230. The predicted molar refractivity (Wildman–Crippen MR) is 219 cm³/mol. The average Bonchev–Trinajstić information content (AvgIpc) is 3.89. The Hall–Kier alpha value is -6.04. The van der Waals surface area contributed by atoms with Crippen LogP contribution in [0, 0.1) is 0 Å². The summed E-state index contributed by atoms with van der Waals surface area (Å²) >= 11 is 12.7. The van der Waals surface area contributed by atoms with Crippen molar-refractivity contribution in [3.05, 3.63) is 159 Å². The van der Waals surface area contributed by atoms with Gasteiger partial charge >= 0.3 is 11.9 Å². The molecular formula is C45H42Cl2N2O9. The quantitative estimate of drug-likeness (QED) is 0.133. The van der Waals surface area contributed by atoms with Gasteiger partial charge in [-0.3, -0.25) is 9.59 Å². The van der Waals surface area contributed by atoms with Crippen LogP contribution >= 0.6 is 23.2 Å². The number of nitrogens with zero attached hydrogens (tertiary/aromatic N) is 2. The largest absolute Gasteiger partial charge is 0.497 e. The van der Waals surface area contributed by atoms with Crippen LogP contribution in [0.15, 0.2) is 121 Å². The highest BCUT2D eigenvalue weighted by Crippen LogP contribution is 2.42. The Kier molecular flexibility index (Phi) is 13.6. The van der Waals surface area contributed by atoms with E-state index in [-0.39, 0.29) is 11.9 Å². The molecule has 58 heavy (non-hydrogen) atoms. The highest BCUT2D eigenvalue weighted by molar-refractivity contribution is 6.31. The minimum atomic E-state index is -1.03. The third kappa shape index (κ3) is 9.39. The van der Waals surface area contributed by atoms with Crippen LogP contribution in [0.4, 0.5) is 0 Å². The van der Waals surface area contributed by atoms with E-state index in [0.29, 0.717) is 65.0 Å². The number of amides is 2. The van der Waals surface area contributed by atoms with Crippen LogP contribution in [0.25, 0.3) is 0 Å². The third-order valence-corrected chi connectivity index (χ3v) is 11.0. The maximum Gasteiger partial charge on any atom is 0.326 e. The lowest BCUT2D eigenvalue weighted by atomic mass is 10.0. The molecule has 0 spiro atoms. The van der Waals surface area contributed by atoms with E-state index in [1.807, 2.05) is 72.8 Å². The number of carboxylic acid groups (broad SMARTS) is 2. The van der Waals surface area contributed by atoms with Crippen LogP contribution in [0.3, 0.4) is 0 Å². The van der Waals surface area contributed by atoms with Crippen LogP contribution in [0.2, 0.25) is 10.0 Å². The molecule has 13 heteroatoms. The number of halogens is 2. The van der Waals surface area contributed by atoms with E-state index >= 15 is 0 Å². The van der Waals surface area contributed by atoms with Crippen molar-refractivity contribution in [3.8, 4) is 17.2 Å². The molecule has 4 atom stereocenters. The molecule has 0 aliphatic carbocycles. The van der Waals surface area contributed by atoms with Gasteiger partial charge in [-0.05, 0) is 90.9 Å². The number of ether oxygens (including phenoxy) is 3. The molecule has 2 N–H and O–H groups in total. The summed E-state index contributed by atoms with van der Waals surface area (Å²) in [6, 6.07) is 33.3. The third-order valence-electron chi connectivity index (χ3n) is 10.3. The second-order valence-corrected chi connectivity index (χ2v) is 14.6. The van der Waals surface area contributed by atoms with E-state index in [2.05, 4.69) is 0 Å². The number of hydrogen-bond donors (Lipinski definition) is 2. The molecule has 2 aliphatic heterocycles. The number of rotatable bonds is 11. The second kappa shape index (κ2) is 18.9. The second-order valence-electron chi connectivity index (χ2n) is 13.8.